The summed E-state index contributed by atoms with van der Waals surface area (Å²) >= 11 is 2.98. The van der Waals surface area contributed by atoms with Crippen molar-refractivity contribution in [2.24, 2.45) is 4.99 Å². The van der Waals surface area contributed by atoms with E-state index >= 15 is 0 Å². The molecule has 1 aromatic carbocycles. The second-order valence-corrected chi connectivity index (χ2v) is 7.44. The topological polar surface area (TPSA) is 78.4 Å². The van der Waals surface area contributed by atoms with E-state index in [9.17, 15) is 9.18 Å². The molecule has 1 amide bonds. The maximum absolute atomic E-state index is 13.4. The van der Waals surface area contributed by atoms with Crippen molar-refractivity contribution in [1.82, 2.24) is 20.9 Å². The molecule has 0 saturated heterocycles. The van der Waals surface area contributed by atoms with Crippen LogP contribution in [-0.2, 0) is 12.3 Å². The molecule has 10 heteroatoms. The van der Waals surface area contributed by atoms with Gasteiger partial charge in [-0.1, -0.05) is 6.07 Å². The van der Waals surface area contributed by atoms with Crippen molar-refractivity contribution in [2.45, 2.75) is 19.2 Å². The number of amides is 1. The van der Waals surface area contributed by atoms with Gasteiger partial charge in [-0.05, 0) is 36.4 Å². The number of thiazole rings is 1. The number of rotatable bonds is 8. The van der Waals surface area contributed by atoms with E-state index in [1.165, 1.54) is 17.4 Å². The lowest BCUT2D eigenvalue weighted by Crippen LogP contribution is -2.41. The number of hydrogen-bond acceptors (Lipinski definition) is 5. The van der Waals surface area contributed by atoms with Crippen molar-refractivity contribution in [3.8, 4) is 0 Å². The molecule has 0 unspecified atom stereocenters. The van der Waals surface area contributed by atoms with E-state index in [2.05, 4.69) is 25.9 Å². The second-order valence-electron chi connectivity index (χ2n) is 5.72. The Morgan fingerprint density at radius 1 is 1.25 bits per heavy atom. The highest BCUT2D eigenvalue weighted by Crippen LogP contribution is 2.16. The molecule has 0 atom stereocenters. The third kappa shape index (κ3) is 7.55. The van der Waals surface area contributed by atoms with E-state index in [4.69, 9.17) is 0 Å². The van der Waals surface area contributed by atoms with Crippen LogP contribution in [-0.4, -0.2) is 43.2 Å². The van der Waals surface area contributed by atoms with E-state index in [0.717, 1.165) is 22.6 Å². The summed E-state index contributed by atoms with van der Waals surface area (Å²) < 4.78 is 13.4. The van der Waals surface area contributed by atoms with Crippen molar-refractivity contribution >= 4 is 58.9 Å². The molecule has 0 bridgehead atoms. The summed E-state index contributed by atoms with van der Waals surface area (Å²) in [6.45, 7) is 3.36. The number of hydrogen-bond donors (Lipinski definition) is 3. The number of halogens is 2. The standard InChI is InChI=1S/C18H24FN5OS2.HI/c1-12-16(27-11-24-12)17(25)21-6-7-22-18(20-2)23-9-13-4-5-15(19)8-14(13)10-26-3;/h4-5,8,11H,6-7,9-10H2,1-3H3,(H,21,25)(H2,20,22,23);1H. The lowest BCUT2D eigenvalue weighted by molar-refractivity contribution is 0.0957. The first-order valence-corrected chi connectivity index (χ1v) is 10.7. The largest absolute Gasteiger partial charge is 0.355 e. The quantitative estimate of drug-likeness (QED) is 0.209. The van der Waals surface area contributed by atoms with Crippen LogP contribution in [0, 0.1) is 12.7 Å². The molecule has 0 aliphatic heterocycles. The molecule has 2 aromatic rings. The normalized spacial score (nSPS) is 10.9. The van der Waals surface area contributed by atoms with Gasteiger partial charge in [0.25, 0.3) is 5.91 Å². The average molecular weight is 537 g/mol. The average Bonchev–Trinajstić information content (AvgIpc) is 3.08. The predicted octanol–water partition coefficient (Wildman–Crippen LogP) is 3.17. The number of thioether (sulfide) groups is 1. The van der Waals surface area contributed by atoms with Crippen LogP contribution in [0.15, 0.2) is 28.7 Å². The van der Waals surface area contributed by atoms with Gasteiger partial charge in [0.15, 0.2) is 5.96 Å². The minimum absolute atomic E-state index is 0. The van der Waals surface area contributed by atoms with Gasteiger partial charge in [-0.2, -0.15) is 11.8 Å². The van der Waals surface area contributed by atoms with Crippen LogP contribution >= 0.6 is 47.1 Å². The molecule has 0 aliphatic rings. The number of nitrogens with one attached hydrogen (secondary N) is 3. The summed E-state index contributed by atoms with van der Waals surface area (Å²) in [5.41, 5.74) is 4.40. The van der Waals surface area contributed by atoms with Gasteiger partial charge in [-0.25, -0.2) is 9.37 Å². The Balaban J connectivity index is 0.00000392. The second kappa shape index (κ2) is 12.9. The molecule has 0 fully saturated rings. The van der Waals surface area contributed by atoms with Gasteiger partial charge < -0.3 is 16.0 Å². The molecule has 0 aliphatic carbocycles. The predicted molar refractivity (Wildman–Crippen MR) is 126 cm³/mol. The zero-order valence-electron chi connectivity index (χ0n) is 16.0. The summed E-state index contributed by atoms with van der Waals surface area (Å²) in [5, 5.41) is 9.22. The summed E-state index contributed by atoms with van der Waals surface area (Å²) in [7, 11) is 1.68. The number of carbonyl (C=O) groups is 1. The number of aliphatic imine (C=N–C) groups is 1. The highest BCUT2D eigenvalue weighted by molar-refractivity contribution is 14.0. The summed E-state index contributed by atoms with van der Waals surface area (Å²) in [4.78, 5) is 20.9. The Morgan fingerprint density at radius 2 is 2.00 bits per heavy atom. The number of nitrogens with zero attached hydrogens (tertiary/aromatic N) is 2. The van der Waals surface area contributed by atoms with E-state index in [0.29, 0.717) is 30.5 Å². The van der Waals surface area contributed by atoms with Gasteiger partial charge in [0, 0.05) is 32.4 Å². The fraction of sp³-hybridized carbons (Fsp3) is 0.389. The maximum atomic E-state index is 13.4. The molecule has 1 heterocycles. The monoisotopic (exact) mass is 537 g/mol. The Hall–Kier alpha value is -1.40. The fourth-order valence-corrected chi connectivity index (χ4v) is 3.71. The van der Waals surface area contributed by atoms with Gasteiger partial charge in [0.05, 0.1) is 11.2 Å². The highest BCUT2D eigenvalue weighted by Gasteiger charge is 2.10. The van der Waals surface area contributed by atoms with Crippen LogP contribution in [0.3, 0.4) is 0 Å². The third-order valence-corrected chi connectivity index (χ3v) is 5.32. The number of carbonyl (C=O) groups excluding carboxylic acids is 1. The molecular weight excluding hydrogens is 512 g/mol. The lowest BCUT2D eigenvalue weighted by Gasteiger charge is -2.14. The smallest absolute Gasteiger partial charge is 0.263 e. The molecule has 6 nitrogen and oxygen atoms in total. The van der Waals surface area contributed by atoms with E-state index in [1.807, 2.05) is 13.2 Å². The van der Waals surface area contributed by atoms with E-state index < -0.39 is 0 Å². The van der Waals surface area contributed by atoms with Crippen LogP contribution < -0.4 is 16.0 Å². The highest BCUT2D eigenvalue weighted by atomic mass is 127. The van der Waals surface area contributed by atoms with Crippen molar-refractivity contribution < 1.29 is 9.18 Å². The number of aromatic nitrogens is 1. The Kier molecular flexibility index (Phi) is 11.4. The first kappa shape index (κ1) is 24.6. The van der Waals surface area contributed by atoms with E-state index in [1.54, 1.807) is 36.5 Å². The Bertz CT molecular complexity index is 800. The fourth-order valence-electron chi connectivity index (χ4n) is 2.41. The van der Waals surface area contributed by atoms with Crippen molar-refractivity contribution in [3.63, 3.8) is 0 Å². The summed E-state index contributed by atoms with van der Waals surface area (Å²) in [6.07, 6.45) is 1.99. The minimum atomic E-state index is -0.225. The van der Waals surface area contributed by atoms with Crippen molar-refractivity contribution in [2.75, 3.05) is 26.4 Å². The molecule has 0 saturated carbocycles. The van der Waals surface area contributed by atoms with Crippen LogP contribution in [0.5, 0.6) is 0 Å². The molecule has 1 aromatic heterocycles. The first-order chi connectivity index (χ1) is 13.0. The molecule has 0 spiro atoms. The lowest BCUT2D eigenvalue weighted by atomic mass is 10.1. The molecule has 2 rings (SSSR count). The Morgan fingerprint density at radius 3 is 2.64 bits per heavy atom. The first-order valence-electron chi connectivity index (χ1n) is 8.44. The molecule has 0 radical (unpaired) electrons. The summed E-state index contributed by atoms with van der Waals surface area (Å²) in [6, 6.07) is 4.83. The van der Waals surface area contributed by atoms with Crippen molar-refractivity contribution in [1.29, 1.82) is 0 Å². The van der Waals surface area contributed by atoms with Gasteiger partial charge in [-0.3, -0.25) is 9.79 Å². The number of aryl methyl sites for hydroxylation is 1. The molecular formula is C18H25FIN5OS2. The van der Waals surface area contributed by atoms with E-state index in [-0.39, 0.29) is 35.7 Å². The third-order valence-electron chi connectivity index (χ3n) is 3.79. The van der Waals surface area contributed by atoms with Crippen LogP contribution in [0.2, 0.25) is 0 Å². The van der Waals surface area contributed by atoms with Gasteiger partial charge in [0.1, 0.15) is 10.7 Å². The summed E-state index contributed by atoms with van der Waals surface area (Å²) in [5.74, 6) is 1.03. The van der Waals surface area contributed by atoms with Crippen LogP contribution in [0.1, 0.15) is 26.5 Å². The van der Waals surface area contributed by atoms with Gasteiger partial charge in [0.2, 0.25) is 0 Å². The molecule has 154 valence electrons. The number of benzene rings is 1. The number of guanidine groups is 1. The SMILES string of the molecule is CN=C(NCCNC(=O)c1scnc1C)NCc1ccc(F)cc1CSC.I. The van der Waals surface area contributed by atoms with Gasteiger partial charge >= 0.3 is 0 Å². The molecule has 28 heavy (non-hydrogen) atoms. The zero-order chi connectivity index (χ0) is 19.6. The van der Waals surface area contributed by atoms with Crippen LogP contribution in [0.25, 0.3) is 0 Å². The maximum Gasteiger partial charge on any atom is 0.263 e. The van der Waals surface area contributed by atoms with Crippen molar-refractivity contribution in [3.05, 3.63) is 51.2 Å². The Labute approximate surface area is 190 Å². The minimum Gasteiger partial charge on any atom is -0.355 e. The van der Waals surface area contributed by atoms with Crippen LogP contribution in [0.4, 0.5) is 4.39 Å². The van der Waals surface area contributed by atoms with Gasteiger partial charge in [-0.15, -0.1) is 35.3 Å². The zero-order valence-corrected chi connectivity index (χ0v) is 20.0. The molecule has 3 N–H and O–H groups in total.